The van der Waals surface area contributed by atoms with Gasteiger partial charge in [-0.2, -0.15) is 0 Å². The summed E-state index contributed by atoms with van der Waals surface area (Å²) in [6, 6.07) is 14.2. The van der Waals surface area contributed by atoms with Crippen LogP contribution in [0.4, 0.5) is 4.39 Å². The molecule has 0 heterocycles. The van der Waals surface area contributed by atoms with E-state index in [2.05, 4.69) is 18.0 Å². The predicted octanol–water partition coefficient (Wildman–Crippen LogP) is 3.74. The van der Waals surface area contributed by atoms with Crippen LogP contribution in [0.25, 0.3) is 0 Å². The summed E-state index contributed by atoms with van der Waals surface area (Å²) in [5.74, 6) is 1.34. The molecule has 2 rings (SSSR count). The summed E-state index contributed by atoms with van der Waals surface area (Å²) in [7, 11) is 3.76. The average Bonchev–Trinajstić information content (AvgIpc) is 2.53. The van der Waals surface area contributed by atoms with Crippen LogP contribution in [0.3, 0.4) is 0 Å². The van der Waals surface area contributed by atoms with Gasteiger partial charge in [0.2, 0.25) is 0 Å². The highest BCUT2D eigenvalue weighted by Crippen LogP contribution is 2.14. The molecule has 0 bridgehead atoms. The molecule has 0 amide bonds. The molecule has 0 aliphatic rings. The molecule has 3 nitrogen and oxygen atoms in total. The minimum atomic E-state index is -0.245. The van der Waals surface area contributed by atoms with Gasteiger partial charge in [0, 0.05) is 13.1 Å². The van der Waals surface area contributed by atoms with E-state index in [0.29, 0.717) is 12.4 Å². The van der Waals surface area contributed by atoms with E-state index in [0.717, 1.165) is 25.3 Å². The third-order valence-electron chi connectivity index (χ3n) is 3.35. The van der Waals surface area contributed by atoms with Crippen LogP contribution in [0.5, 0.6) is 11.5 Å². The van der Waals surface area contributed by atoms with Gasteiger partial charge in [-0.3, -0.25) is 0 Å². The number of nitrogens with zero attached hydrogens (tertiary/aromatic N) is 1. The van der Waals surface area contributed by atoms with Crippen LogP contribution in [0.15, 0.2) is 48.5 Å². The van der Waals surface area contributed by atoms with E-state index < -0.39 is 0 Å². The van der Waals surface area contributed by atoms with Crippen LogP contribution in [-0.4, -0.2) is 32.2 Å². The Bertz CT molecular complexity index is 572. The quantitative estimate of drug-likeness (QED) is 0.694. The summed E-state index contributed by atoms with van der Waals surface area (Å²) in [6.07, 6.45) is 0.915. The Morgan fingerprint density at radius 2 is 1.82 bits per heavy atom. The monoisotopic (exact) mass is 303 g/mol. The van der Waals surface area contributed by atoms with Crippen LogP contribution in [0.1, 0.15) is 12.0 Å². The zero-order valence-corrected chi connectivity index (χ0v) is 13.1. The number of hydrogen-bond acceptors (Lipinski definition) is 3. The Labute approximate surface area is 131 Å². The van der Waals surface area contributed by atoms with Gasteiger partial charge in [0.15, 0.2) is 0 Å². The molecular weight excluding hydrogens is 281 g/mol. The lowest BCUT2D eigenvalue weighted by Gasteiger charge is -2.17. The smallest absolute Gasteiger partial charge is 0.123 e. The van der Waals surface area contributed by atoms with Gasteiger partial charge in [0.05, 0.1) is 13.7 Å². The van der Waals surface area contributed by atoms with E-state index in [9.17, 15) is 4.39 Å². The molecule has 0 aromatic heterocycles. The van der Waals surface area contributed by atoms with Gasteiger partial charge in [-0.15, -0.1) is 0 Å². The molecule has 0 fully saturated rings. The fourth-order valence-corrected chi connectivity index (χ4v) is 2.22. The SMILES string of the molecule is COc1cccc(CN(C)CCCOc2ccc(F)cc2)c1. The lowest BCUT2D eigenvalue weighted by molar-refractivity contribution is 0.258. The number of ether oxygens (including phenoxy) is 2. The molecule has 0 saturated carbocycles. The summed E-state index contributed by atoms with van der Waals surface area (Å²) in [4.78, 5) is 2.24. The Kier molecular flexibility index (Phi) is 6.22. The third-order valence-corrected chi connectivity index (χ3v) is 3.35. The number of benzene rings is 2. The molecule has 0 aliphatic carbocycles. The second-order valence-corrected chi connectivity index (χ2v) is 5.25. The molecule has 4 heteroatoms. The van der Waals surface area contributed by atoms with Crippen molar-refractivity contribution < 1.29 is 13.9 Å². The van der Waals surface area contributed by atoms with Crippen LogP contribution < -0.4 is 9.47 Å². The first-order valence-corrected chi connectivity index (χ1v) is 7.37. The lowest BCUT2D eigenvalue weighted by atomic mass is 10.2. The second-order valence-electron chi connectivity index (χ2n) is 5.25. The second kappa shape index (κ2) is 8.39. The molecule has 0 saturated heterocycles. The van der Waals surface area contributed by atoms with Crippen molar-refractivity contribution >= 4 is 0 Å². The summed E-state index contributed by atoms with van der Waals surface area (Å²) in [6.45, 7) is 2.42. The van der Waals surface area contributed by atoms with E-state index in [1.165, 1.54) is 17.7 Å². The van der Waals surface area contributed by atoms with Crippen molar-refractivity contribution in [1.82, 2.24) is 4.90 Å². The summed E-state index contributed by atoms with van der Waals surface area (Å²) < 4.78 is 23.6. The molecule has 2 aromatic rings. The van der Waals surface area contributed by atoms with E-state index in [-0.39, 0.29) is 5.82 Å². The molecular formula is C18H22FNO2. The highest BCUT2D eigenvalue weighted by molar-refractivity contribution is 5.28. The largest absolute Gasteiger partial charge is 0.497 e. The fraction of sp³-hybridized carbons (Fsp3) is 0.333. The maximum absolute atomic E-state index is 12.8. The molecule has 22 heavy (non-hydrogen) atoms. The molecule has 2 aromatic carbocycles. The van der Waals surface area contributed by atoms with Gasteiger partial charge in [-0.1, -0.05) is 12.1 Å². The maximum atomic E-state index is 12.8. The molecule has 0 aliphatic heterocycles. The summed E-state index contributed by atoms with van der Waals surface area (Å²) in [5.41, 5.74) is 1.22. The van der Waals surface area contributed by atoms with Crippen molar-refractivity contribution in [2.45, 2.75) is 13.0 Å². The molecule has 0 radical (unpaired) electrons. The fourth-order valence-electron chi connectivity index (χ4n) is 2.22. The molecule has 0 spiro atoms. The zero-order chi connectivity index (χ0) is 15.8. The van der Waals surface area contributed by atoms with Gasteiger partial charge in [0.25, 0.3) is 0 Å². The first-order chi connectivity index (χ1) is 10.7. The van der Waals surface area contributed by atoms with Gasteiger partial charge in [0.1, 0.15) is 17.3 Å². The normalized spacial score (nSPS) is 10.7. The highest BCUT2D eigenvalue weighted by atomic mass is 19.1. The summed E-state index contributed by atoms with van der Waals surface area (Å²) in [5, 5.41) is 0. The van der Waals surface area contributed by atoms with Gasteiger partial charge in [-0.25, -0.2) is 4.39 Å². The third kappa shape index (κ3) is 5.37. The summed E-state index contributed by atoms with van der Waals surface area (Å²) >= 11 is 0. The van der Waals surface area contributed by atoms with E-state index in [4.69, 9.17) is 9.47 Å². The van der Waals surface area contributed by atoms with Crippen molar-refractivity contribution in [2.24, 2.45) is 0 Å². The minimum Gasteiger partial charge on any atom is -0.497 e. The Hall–Kier alpha value is -2.07. The standard InChI is InChI=1S/C18H22FNO2/c1-20(14-15-5-3-6-18(13-15)21-2)11-4-12-22-17-9-7-16(19)8-10-17/h3,5-10,13H,4,11-12,14H2,1-2H3. The van der Waals surface area contributed by atoms with Crippen LogP contribution in [0, 0.1) is 5.82 Å². The topological polar surface area (TPSA) is 21.7 Å². The Balaban J connectivity index is 1.69. The van der Waals surface area contributed by atoms with Gasteiger partial charge in [-0.05, 0) is 55.4 Å². The number of hydrogen-bond donors (Lipinski definition) is 0. The lowest BCUT2D eigenvalue weighted by Crippen LogP contribution is -2.20. The minimum absolute atomic E-state index is 0.245. The highest BCUT2D eigenvalue weighted by Gasteiger charge is 2.02. The van der Waals surface area contributed by atoms with Crippen LogP contribution >= 0.6 is 0 Å². The predicted molar refractivity (Wildman–Crippen MR) is 85.8 cm³/mol. The van der Waals surface area contributed by atoms with Crippen molar-refractivity contribution in [3.8, 4) is 11.5 Å². The van der Waals surface area contributed by atoms with Gasteiger partial charge >= 0.3 is 0 Å². The van der Waals surface area contributed by atoms with Crippen molar-refractivity contribution in [1.29, 1.82) is 0 Å². The Morgan fingerprint density at radius 1 is 1.05 bits per heavy atom. The number of methoxy groups -OCH3 is 1. The first kappa shape index (κ1) is 16.3. The van der Waals surface area contributed by atoms with Crippen LogP contribution in [0.2, 0.25) is 0 Å². The van der Waals surface area contributed by atoms with E-state index in [1.54, 1.807) is 19.2 Å². The maximum Gasteiger partial charge on any atom is 0.123 e. The van der Waals surface area contributed by atoms with Crippen molar-refractivity contribution in [3.05, 3.63) is 59.9 Å². The molecule has 118 valence electrons. The first-order valence-electron chi connectivity index (χ1n) is 7.37. The van der Waals surface area contributed by atoms with Crippen molar-refractivity contribution in [3.63, 3.8) is 0 Å². The molecule has 0 N–H and O–H groups in total. The van der Waals surface area contributed by atoms with Gasteiger partial charge < -0.3 is 14.4 Å². The molecule has 0 unspecified atom stereocenters. The zero-order valence-electron chi connectivity index (χ0n) is 13.1. The number of halogens is 1. The Morgan fingerprint density at radius 3 is 2.55 bits per heavy atom. The molecule has 0 atom stereocenters. The average molecular weight is 303 g/mol. The van der Waals surface area contributed by atoms with E-state index in [1.807, 2.05) is 18.2 Å². The van der Waals surface area contributed by atoms with Crippen molar-refractivity contribution in [2.75, 3.05) is 27.3 Å². The van der Waals surface area contributed by atoms with E-state index >= 15 is 0 Å². The number of rotatable bonds is 8. The van der Waals surface area contributed by atoms with Crippen LogP contribution in [-0.2, 0) is 6.54 Å².